The molecule has 1 aromatic rings. The molecule has 0 aromatic heterocycles. The smallest absolute Gasteiger partial charge is 0.273 e. The molecule has 0 radical (unpaired) electrons. The summed E-state index contributed by atoms with van der Waals surface area (Å²) in [6.45, 7) is 2.51. The number of hydrogen-bond acceptors (Lipinski definition) is 4. The first kappa shape index (κ1) is 13.5. The molecular formula is C13H16N2O4. The molecule has 1 heterocycles. The Labute approximate surface area is 110 Å². The summed E-state index contributed by atoms with van der Waals surface area (Å²) in [5.74, 6) is -0.262. The maximum absolute atomic E-state index is 12.2. The number of aryl methyl sites for hydroxylation is 1. The number of benzene rings is 1. The van der Waals surface area contributed by atoms with E-state index in [0.717, 1.165) is 6.42 Å². The SMILES string of the molecule is Cc1ccc(C(=O)N2CCCC(O)C2)cc1[N+](=O)[O-]. The van der Waals surface area contributed by atoms with Gasteiger partial charge in [0.05, 0.1) is 11.0 Å². The van der Waals surface area contributed by atoms with Gasteiger partial charge in [0.25, 0.3) is 11.6 Å². The van der Waals surface area contributed by atoms with Gasteiger partial charge < -0.3 is 10.0 Å². The summed E-state index contributed by atoms with van der Waals surface area (Å²) in [7, 11) is 0. The van der Waals surface area contributed by atoms with Crippen LogP contribution in [0.15, 0.2) is 18.2 Å². The summed E-state index contributed by atoms with van der Waals surface area (Å²) in [6.07, 6.45) is 0.941. The highest BCUT2D eigenvalue weighted by Crippen LogP contribution is 2.21. The highest BCUT2D eigenvalue weighted by molar-refractivity contribution is 5.95. The number of likely N-dealkylation sites (tertiary alicyclic amines) is 1. The van der Waals surface area contributed by atoms with Crippen LogP contribution in [0, 0.1) is 17.0 Å². The molecular weight excluding hydrogens is 248 g/mol. The zero-order valence-electron chi connectivity index (χ0n) is 10.7. The Morgan fingerprint density at radius 2 is 2.26 bits per heavy atom. The number of hydrogen-bond donors (Lipinski definition) is 1. The van der Waals surface area contributed by atoms with Crippen LogP contribution in [0.4, 0.5) is 5.69 Å². The number of nitro benzene ring substituents is 1. The van der Waals surface area contributed by atoms with Crippen LogP contribution >= 0.6 is 0 Å². The lowest BCUT2D eigenvalue weighted by molar-refractivity contribution is -0.385. The molecule has 1 saturated heterocycles. The van der Waals surface area contributed by atoms with Crippen molar-refractivity contribution >= 4 is 11.6 Å². The first-order valence-electron chi connectivity index (χ1n) is 6.21. The fourth-order valence-electron chi connectivity index (χ4n) is 2.26. The molecule has 2 rings (SSSR count). The Balaban J connectivity index is 2.24. The van der Waals surface area contributed by atoms with Gasteiger partial charge in [0.2, 0.25) is 0 Å². The van der Waals surface area contributed by atoms with Crippen LogP contribution in [-0.2, 0) is 0 Å². The van der Waals surface area contributed by atoms with Gasteiger partial charge in [0.1, 0.15) is 0 Å². The van der Waals surface area contributed by atoms with Gasteiger partial charge in [-0.15, -0.1) is 0 Å². The molecule has 1 N–H and O–H groups in total. The molecule has 0 spiro atoms. The maximum atomic E-state index is 12.2. The van der Waals surface area contributed by atoms with Crippen molar-refractivity contribution in [3.63, 3.8) is 0 Å². The number of nitro groups is 1. The molecule has 1 unspecified atom stereocenters. The standard InChI is InChI=1S/C13H16N2O4/c1-9-4-5-10(7-12(9)15(18)19)13(17)14-6-2-3-11(16)8-14/h4-5,7,11,16H,2-3,6,8H2,1H3. The predicted molar refractivity (Wildman–Crippen MR) is 69.0 cm³/mol. The Kier molecular flexibility index (Phi) is 3.80. The van der Waals surface area contributed by atoms with E-state index in [1.165, 1.54) is 6.07 Å². The number of aliphatic hydroxyl groups is 1. The highest BCUT2D eigenvalue weighted by Gasteiger charge is 2.24. The zero-order valence-corrected chi connectivity index (χ0v) is 10.7. The van der Waals surface area contributed by atoms with Gasteiger partial charge in [-0.3, -0.25) is 14.9 Å². The molecule has 1 aliphatic rings. The van der Waals surface area contributed by atoms with Gasteiger partial charge in [0, 0.05) is 30.3 Å². The van der Waals surface area contributed by atoms with Crippen LogP contribution < -0.4 is 0 Å². The molecule has 1 atom stereocenters. The topological polar surface area (TPSA) is 83.7 Å². The van der Waals surface area contributed by atoms with Crippen molar-refractivity contribution in [2.45, 2.75) is 25.9 Å². The number of aliphatic hydroxyl groups excluding tert-OH is 1. The normalized spacial score (nSPS) is 19.3. The largest absolute Gasteiger partial charge is 0.391 e. The molecule has 1 aliphatic heterocycles. The van der Waals surface area contributed by atoms with Crippen molar-refractivity contribution in [3.8, 4) is 0 Å². The second kappa shape index (κ2) is 5.36. The van der Waals surface area contributed by atoms with Gasteiger partial charge in [-0.25, -0.2) is 0 Å². The van der Waals surface area contributed by atoms with Crippen molar-refractivity contribution in [2.24, 2.45) is 0 Å². The summed E-state index contributed by atoms with van der Waals surface area (Å²) in [6, 6.07) is 4.47. The minimum Gasteiger partial charge on any atom is -0.391 e. The van der Waals surface area contributed by atoms with Crippen molar-refractivity contribution in [1.29, 1.82) is 0 Å². The van der Waals surface area contributed by atoms with E-state index in [1.807, 2.05) is 0 Å². The first-order chi connectivity index (χ1) is 8.99. The number of nitrogens with zero attached hydrogens (tertiary/aromatic N) is 2. The highest BCUT2D eigenvalue weighted by atomic mass is 16.6. The molecule has 1 fully saturated rings. The third-order valence-electron chi connectivity index (χ3n) is 3.34. The molecule has 0 saturated carbocycles. The number of rotatable bonds is 2. The average Bonchev–Trinajstić information content (AvgIpc) is 2.38. The van der Waals surface area contributed by atoms with Crippen LogP contribution in [0.1, 0.15) is 28.8 Å². The molecule has 6 nitrogen and oxygen atoms in total. The lowest BCUT2D eigenvalue weighted by Crippen LogP contribution is -2.42. The van der Waals surface area contributed by atoms with E-state index in [0.29, 0.717) is 30.6 Å². The Bertz CT molecular complexity index is 515. The van der Waals surface area contributed by atoms with Gasteiger partial charge in [-0.05, 0) is 25.8 Å². The molecule has 1 amide bonds. The molecule has 102 valence electrons. The fourth-order valence-corrected chi connectivity index (χ4v) is 2.26. The summed E-state index contributed by atoms with van der Waals surface area (Å²) in [5.41, 5.74) is 0.773. The third-order valence-corrected chi connectivity index (χ3v) is 3.34. The summed E-state index contributed by atoms with van der Waals surface area (Å²) < 4.78 is 0. The second-order valence-corrected chi connectivity index (χ2v) is 4.81. The molecule has 6 heteroatoms. The van der Waals surface area contributed by atoms with Crippen LogP contribution in [0.5, 0.6) is 0 Å². The Morgan fingerprint density at radius 3 is 2.89 bits per heavy atom. The average molecular weight is 264 g/mol. The lowest BCUT2D eigenvalue weighted by Gasteiger charge is -2.30. The summed E-state index contributed by atoms with van der Waals surface area (Å²) >= 11 is 0. The molecule has 1 aromatic carbocycles. The summed E-state index contributed by atoms with van der Waals surface area (Å²) in [4.78, 5) is 24.1. The number of carbonyl (C=O) groups is 1. The van der Waals surface area contributed by atoms with E-state index in [2.05, 4.69) is 0 Å². The second-order valence-electron chi connectivity index (χ2n) is 4.81. The van der Waals surface area contributed by atoms with Crippen LogP contribution in [0.25, 0.3) is 0 Å². The van der Waals surface area contributed by atoms with E-state index >= 15 is 0 Å². The number of β-amino-alcohol motifs (C(OH)–C–C–N with tert-alkyl or cyclic N) is 1. The minimum absolute atomic E-state index is 0.0524. The molecule has 0 aliphatic carbocycles. The maximum Gasteiger partial charge on any atom is 0.273 e. The van der Waals surface area contributed by atoms with E-state index in [9.17, 15) is 20.0 Å². The monoisotopic (exact) mass is 264 g/mol. The van der Waals surface area contributed by atoms with Crippen molar-refractivity contribution < 1.29 is 14.8 Å². The van der Waals surface area contributed by atoms with Crippen LogP contribution in [-0.4, -0.2) is 40.0 Å². The third kappa shape index (κ3) is 2.90. The van der Waals surface area contributed by atoms with Crippen LogP contribution in [0.3, 0.4) is 0 Å². The van der Waals surface area contributed by atoms with Gasteiger partial charge in [0.15, 0.2) is 0 Å². The quantitative estimate of drug-likeness (QED) is 0.648. The Morgan fingerprint density at radius 1 is 1.53 bits per heavy atom. The molecule has 0 bridgehead atoms. The number of carbonyl (C=O) groups excluding carboxylic acids is 1. The van der Waals surface area contributed by atoms with Crippen molar-refractivity contribution in [2.75, 3.05) is 13.1 Å². The van der Waals surface area contributed by atoms with Crippen molar-refractivity contribution in [1.82, 2.24) is 4.90 Å². The van der Waals surface area contributed by atoms with Gasteiger partial charge >= 0.3 is 0 Å². The fraction of sp³-hybridized carbons (Fsp3) is 0.462. The minimum atomic E-state index is -0.502. The van der Waals surface area contributed by atoms with E-state index in [-0.39, 0.29) is 11.6 Å². The van der Waals surface area contributed by atoms with E-state index in [4.69, 9.17) is 0 Å². The number of piperidine rings is 1. The first-order valence-corrected chi connectivity index (χ1v) is 6.21. The number of amides is 1. The van der Waals surface area contributed by atoms with Crippen molar-refractivity contribution in [3.05, 3.63) is 39.4 Å². The Hall–Kier alpha value is -1.95. The predicted octanol–water partition coefficient (Wildman–Crippen LogP) is 1.50. The van der Waals surface area contributed by atoms with Gasteiger partial charge in [-0.1, -0.05) is 6.07 Å². The van der Waals surface area contributed by atoms with Gasteiger partial charge in [-0.2, -0.15) is 0 Å². The zero-order chi connectivity index (χ0) is 14.0. The summed E-state index contributed by atoms with van der Waals surface area (Å²) in [5, 5.41) is 20.4. The van der Waals surface area contributed by atoms with Crippen LogP contribution in [0.2, 0.25) is 0 Å². The van der Waals surface area contributed by atoms with E-state index in [1.54, 1.807) is 24.0 Å². The lowest BCUT2D eigenvalue weighted by atomic mass is 10.1. The molecule has 19 heavy (non-hydrogen) atoms. The van der Waals surface area contributed by atoms with E-state index < -0.39 is 11.0 Å².